The Bertz CT molecular complexity index is 783. The summed E-state index contributed by atoms with van der Waals surface area (Å²) in [5.41, 5.74) is 2.52. The number of carbonyl (C=O) groups excluding carboxylic acids is 2. The van der Waals surface area contributed by atoms with Crippen molar-refractivity contribution in [2.24, 2.45) is 5.92 Å². The second-order valence-corrected chi connectivity index (χ2v) is 7.20. The smallest absolute Gasteiger partial charge is 0.254 e. The summed E-state index contributed by atoms with van der Waals surface area (Å²) in [6, 6.07) is 15.2. The van der Waals surface area contributed by atoms with Crippen LogP contribution in [0.5, 0.6) is 0 Å². The van der Waals surface area contributed by atoms with Gasteiger partial charge in [-0.25, -0.2) is 0 Å². The van der Waals surface area contributed by atoms with Gasteiger partial charge in [-0.3, -0.25) is 9.59 Å². The number of hydrogen-bond donors (Lipinski definition) is 1. The van der Waals surface area contributed by atoms with Crippen molar-refractivity contribution in [3.05, 3.63) is 64.1 Å². The highest BCUT2D eigenvalue weighted by atomic mass is 79.9. The van der Waals surface area contributed by atoms with Gasteiger partial charge < -0.3 is 10.2 Å². The van der Waals surface area contributed by atoms with Gasteiger partial charge in [-0.2, -0.15) is 0 Å². The van der Waals surface area contributed by atoms with E-state index < -0.39 is 0 Å². The van der Waals surface area contributed by atoms with Crippen LogP contribution >= 0.6 is 15.9 Å². The Morgan fingerprint density at radius 2 is 1.68 bits per heavy atom. The first-order valence-corrected chi connectivity index (χ1v) is 9.26. The number of carbonyl (C=O) groups is 2. The molecule has 0 aliphatic carbocycles. The number of halogens is 1. The molecule has 0 bridgehead atoms. The van der Waals surface area contributed by atoms with Crippen LogP contribution in [0.4, 0.5) is 5.69 Å². The quantitative estimate of drug-likeness (QED) is 0.836. The number of nitrogens with zero attached hydrogens (tertiary/aromatic N) is 1. The third-order valence-corrected chi connectivity index (χ3v) is 5.35. The zero-order valence-electron chi connectivity index (χ0n) is 14.2. The summed E-state index contributed by atoms with van der Waals surface area (Å²) >= 11 is 3.44. The molecule has 1 saturated heterocycles. The van der Waals surface area contributed by atoms with E-state index in [1.165, 1.54) is 0 Å². The number of aryl methyl sites for hydroxylation is 1. The lowest BCUT2D eigenvalue weighted by molar-refractivity contribution is -0.121. The fourth-order valence-electron chi connectivity index (χ4n) is 3.13. The highest BCUT2D eigenvalue weighted by molar-refractivity contribution is 9.10. The fourth-order valence-corrected chi connectivity index (χ4v) is 3.51. The van der Waals surface area contributed by atoms with Crippen LogP contribution in [0.3, 0.4) is 0 Å². The number of rotatable bonds is 3. The van der Waals surface area contributed by atoms with Crippen LogP contribution in [0.25, 0.3) is 0 Å². The Morgan fingerprint density at radius 3 is 2.36 bits per heavy atom. The largest absolute Gasteiger partial charge is 0.339 e. The molecule has 2 aromatic carbocycles. The third kappa shape index (κ3) is 4.10. The maximum atomic E-state index is 12.7. The summed E-state index contributed by atoms with van der Waals surface area (Å²) < 4.78 is 0.871. The van der Waals surface area contributed by atoms with Crippen LogP contribution in [0.2, 0.25) is 0 Å². The molecule has 0 radical (unpaired) electrons. The van der Waals surface area contributed by atoms with Gasteiger partial charge in [0.25, 0.3) is 5.91 Å². The molecule has 1 heterocycles. The van der Waals surface area contributed by atoms with Gasteiger partial charge in [-0.1, -0.05) is 30.3 Å². The van der Waals surface area contributed by atoms with Crippen molar-refractivity contribution in [1.82, 2.24) is 4.90 Å². The number of benzene rings is 2. The Hall–Kier alpha value is -2.14. The van der Waals surface area contributed by atoms with Crippen molar-refractivity contribution in [2.45, 2.75) is 19.8 Å². The van der Waals surface area contributed by atoms with Crippen LogP contribution < -0.4 is 5.32 Å². The van der Waals surface area contributed by atoms with Crippen LogP contribution in [0, 0.1) is 12.8 Å². The summed E-state index contributed by atoms with van der Waals surface area (Å²) in [6.07, 6.45) is 1.38. The fraction of sp³-hybridized carbons (Fsp3) is 0.300. The van der Waals surface area contributed by atoms with Gasteiger partial charge in [0.05, 0.1) is 5.69 Å². The molecule has 3 rings (SSSR count). The first-order valence-electron chi connectivity index (χ1n) is 8.46. The van der Waals surface area contributed by atoms with Gasteiger partial charge in [0.15, 0.2) is 0 Å². The minimum absolute atomic E-state index is 0.0230. The van der Waals surface area contributed by atoms with E-state index >= 15 is 0 Å². The molecular formula is C20H21BrN2O2. The summed E-state index contributed by atoms with van der Waals surface area (Å²) in [6.45, 7) is 3.17. The standard InChI is InChI=1S/C20H21BrN2O2/c1-14-6-2-3-7-16(14)20(25)23-12-10-15(11-13-23)19(24)22-18-9-5-4-8-17(18)21/h2-9,15H,10-13H2,1H3,(H,22,24). The number of para-hydroxylation sites is 1. The van der Waals surface area contributed by atoms with Crippen LogP contribution in [-0.4, -0.2) is 29.8 Å². The zero-order valence-corrected chi connectivity index (χ0v) is 15.8. The van der Waals surface area contributed by atoms with E-state index in [2.05, 4.69) is 21.2 Å². The van der Waals surface area contributed by atoms with Crippen LogP contribution in [-0.2, 0) is 4.79 Å². The topological polar surface area (TPSA) is 49.4 Å². The Kier molecular flexibility index (Phi) is 5.53. The number of likely N-dealkylation sites (tertiary alicyclic amines) is 1. The van der Waals surface area contributed by atoms with E-state index in [9.17, 15) is 9.59 Å². The predicted molar refractivity (Wildman–Crippen MR) is 103 cm³/mol. The molecule has 1 aliphatic rings. The predicted octanol–water partition coefficient (Wildman–Crippen LogP) is 4.25. The summed E-state index contributed by atoms with van der Waals surface area (Å²) in [5.74, 6) is 0.0191. The highest BCUT2D eigenvalue weighted by Gasteiger charge is 2.28. The summed E-state index contributed by atoms with van der Waals surface area (Å²) in [5, 5.41) is 2.98. The molecular weight excluding hydrogens is 380 g/mol. The number of hydrogen-bond acceptors (Lipinski definition) is 2. The summed E-state index contributed by atoms with van der Waals surface area (Å²) in [4.78, 5) is 27.0. The van der Waals surface area contributed by atoms with Gasteiger partial charge in [-0.05, 0) is 59.5 Å². The maximum Gasteiger partial charge on any atom is 0.254 e. The molecule has 1 fully saturated rings. The average Bonchev–Trinajstić information content (AvgIpc) is 2.63. The lowest BCUT2D eigenvalue weighted by atomic mass is 9.95. The minimum atomic E-state index is -0.0620. The van der Waals surface area contributed by atoms with Crippen molar-refractivity contribution in [1.29, 1.82) is 0 Å². The van der Waals surface area contributed by atoms with Crippen molar-refractivity contribution < 1.29 is 9.59 Å². The van der Waals surface area contributed by atoms with Gasteiger partial charge in [0, 0.05) is 29.0 Å². The van der Waals surface area contributed by atoms with E-state index in [0.29, 0.717) is 25.9 Å². The van der Waals surface area contributed by atoms with Gasteiger partial charge in [0.1, 0.15) is 0 Å². The molecule has 0 saturated carbocycles. The lowest BCUT2D eigenvalue weighted by Gasteiger charge is -2.31. The van der Waals surface area contributed by atoms with Gasteiger partial charge in [0.2, 0.25) is 5.91 Å². The molecule has 1 N–H and O–H groups in total. The van der Waals surface area contributed by atoms with E-state index in [-0.39, 0.29) is 17.7 Å². The van der Waals surface area contributed by atoms with Gasteiger partial charge in [-0.15, -0.1) is 0 Å². The second kappa shape index (κ2) is 7.83. The van der Waals surface area contributed by atoms with Crippen LogP contribution in [0.1, 0.15) is 28.8 Å². The monoisotopic (exact) mass is 400 g/mol. The SMILES string of the molecule is Cc1ccccc1C(=O)N1CCC(C(=O)Nc2ccccc2Br)CC1. The van der Waals surface area contributed by atoms with Crippen molar-refractivity contribution >= 4 is 33.4 Å². The van der Waals surface area contributed by atoms with E-state index in [1.807, 2.05) is 60.4 Å². The molecule has 4 nitrogen and oxygen atoms in total. The zero-order chi connectivity index (χ0) is 17.8. The minimum Gasteiger partial charge on any atom is -0.339 e. The molecule has 0 atom stereocenters. The van der Waals surface area contributed by atoms with Crippen molar-refractivity contribution in [3.8, 4) is 0 Å². The Morgan fingerprint density at radius 1 is 1.04 bits per heavy atom. The molecule has 0 aromatic heterocycles. The number of amides is 2. The first kappa shape index (κ1) is 17.7. The van der Waals surface area contributed by atoms with Gasteiger partial charge >= 0.3 is 0 Å². The Labute approximate surface area is 156 Å². The lowest BCUT2D eigenvalue weighted by Crippen LogP contribution is -2.41. The van der Waals surface area contributed by atoms with Crippen molar-refractivity contribution in [3.63, 3.8) is 0 Å². The normalized spacial score (nSPS) is 15.0. The molecule has 1 aliphatic heterocycles. The number of piperidine rings is 1. The molecule has 0 spiro atoms. The number of nitrogens with one attached hydrogen (secondary N) is 1. The molecule has 5 heteroatoms. The summed E-state index contributed by atoms with van der Waals surface area (Å²) in [7, 11) is 0. The molecule has 0 unspecified atom stereocenters. The molecule has 25 heavy (non-hydrogen) atoms. The molecule has 130 valence electrons. The Balaban J connectivity index is 1.58. The average molecular weight is 401 g/mol. The van der Waals surface area contributed by atoms with E-state index in [1.54, 1.807) is 0 Å². The van der Waals surface area contributed by atoms with Crippen molar-refractivity contribution in [2.75, 3.05) is 18.4 Å². The third-order valence-electron chi connectivity index (χ3n) is 4.66. The number of anilines is 1. The second-order valence-electron chi connectivity index (χ2n) is 6.35. The molecule has 2 amide bonds. The molecule has 2 aromatic rings. The highest BCUT2D eigenvalue weighted by Crippen LogP contribution is 2.25. The van der Waals surface area contributed by atoms with Crippen LogP contribution in [0.15, 0.2) is 53.0 Å². The van der Waals surface area contributed by atoms with E-state index in [4.69, 9.17) is 0 Å². The maximum absolute atomic E-state index is 12.7. The first-order chi connectivity index (χ1) is 12.1. The van der Waals surface area contributed by atoms with E-state index in [0.717, 1.165) is 21.3 Å².